The molecule has 2 N–H and O–H groups in total. The predicted octanol–water partition coefficient (Wildman–Crippen LogP) is 3.62. The SMILES string of the molecule is Cc1nn(-c2ccccc2)c(C)c1/C=N\NC(=S)NC1CCCCC1. The van der Waals surface area contributed by atoms with Crippen LogP contribution in [0.2, 0.25) is 0 Å². The molecule has 3 rings (SSSR count). The normalized spacial score (nSPS) is 15.4. The molecule has 0 spiro atoms. The average Bonchev–Trinajstić information content (AvgIpc) is 2.91. The summed E-state index contributed by atoms with van der Waals surface area (Å²) < 4.78 is 1.94. The van der Waals surface area contributed by atoms with E-state index in [4.69, 9.17) is 12.2 Å². The highest BCUT2D eigenvalue weighted by atomic mass is 32.1. The molecule has 6 heteroatoms. The van der Waals surface area contributed by atoms with E-state index in [1.165, 1.54) is 32.1 Å². The summed E-state index contributed by atoms with van der Waals surface area (Å²) in [5, 5.41) is 12.9. The fraction of sp³-hybridized carbons (Fsp3) is 0.421. The number of thiocarbonyl (C=S) groups is 1. The summed E-state index contributed by atoms with van der Waals surface area (Å²) in [5.74, 6) is 0. The maximum absolute atomic E-state index is 5.34. The average molecular weight is 356 g/mol. The van der Waals surface area contributed by atoms with Crippen LogP contribution in [0.3, 0.4) is 0 Å². The van der Waals surface area contributed by atoms with Gasteiger partial charge < -0.3 is 5.32 Å². The molecular formula is C19H25N5S. The molecule has 0 saturated heterocycles. The van der Waals surface area contributed by atoms with E-state index in [1.807, 2.05) is 48.9 Å². The minimum absolute atomic E-state index is 0.480. The molecule has 0 bridgehead atoms. The summed E-state index contributed by atoms with van der Waals surface area (Å²) in [5.41, 5.74) is 6.99. The lowest BCUT2D eigenvalue weighted by molar-refractivity contribution is 0.412. The zero-order chi connectivity index (χ0) is 17.6. The largest absolute Gasteiger partial charge is 0.359 e. The number of aryl methyl sites for hydroxylation is 1. The van der Waals surface area contributed by atoms with E-state index in [1.54, 1.807) is 6.21 Å². The van der Waals surface area contributed by atoms with Crippen molar-refractivity contribution in [3.05, 3.63) is 47.3 Å². The van der Waals surface area contributed by atoms with Crippen LogP contribution in [0.5, 0.6) is 0 Å². The molecule has 1 fully saturated rings. The van der Waals surface area contributed by atoms with Crippen LogP contribution < -0.4 is 10.7 Å². The van der Waals surface area contributed by atoms with Gasteiger partial charge in [0.2, 0.25) is 0 Å². The molecule has 2 aromatic rings. The van der Waals surface area contributed by atoms with Gasteiger partial charge in [-0.1, -0.05) is 37.5 Å². The molecule has 0 aliphatic heterocycles. The molecule has 25 heavy (non-hydrogen) atoms. The summed E-state index contributed by atoms with van der Waals surface area (Å²) >= 11 is 5.34. The van der Waals surface area contributed by atoms with Crippen LogP contribution in [-0.2, 0) is 0 Å². The summed E-state index contributed by atoms with van der Waals surface area (Å²) in [6.45, 7) is 4.04. The van der Waals surface area contributed by atoms with Crippen molar-refractivity contribution in [1.82, 2.24) is 20.5 Å². The molecule has 0 atom stereocenters. The van der Waals surface area contributed by atoms with Crippen molar-refractivity contribution in [3.63, 3.8) is 0 Å². The van der Waals surface area contributed by atoms with E-state index in [9.17, 15) is 0 Å². The molecule has 132 valence electrons. The smallest absolute Gasteiger partial charge is 0.187 e. The first-order chi connectivity index (χ1) is 12.1. The Morgan fingerprint density at radius 3 is 2.64 bits per heavy atom. The quantitative estimate of drug-likeness (QED) is 0.500. The van der Waals surface area contributed by atoms with Gasteiger partial charge in [0.15, 0.2) is 5.11 Å². The van der Waals surface area contributed by atoms with Crippen molar-refractivity contribution >= 4 is 23.5 Å². The Hall–Kier alpha value is -2.21. The fourth-order valence-electron chi connectivity index (χ4n) is 3.28. The standard InChI is InChI=1S/C19H25N5S/c1-14-18(15(2)24(23-14)17-11-7-4-8-12-17)13-20-22-19(25)21-16-9-5-3-6-10-16/h4,7-8,11-13,16H,3,5-6,9-10H2,1-2H3,(H2,21,22,25)/b20-13-. The Bertz CT molecular complexity index is 745. The van der Waals surface area contributed by atoms with Crippen molar-refractivity contribution in [2.24, 2.45) is 5.10 Å². The Morgan fingerprint density at radius 1 is 1.20 bits per heavy atom. The number of benzene rings is 1. The summed E-state index contributed by atoms with van der Waals surface area (Å²) in [7, 11) is 0. The van der Waals surface area contributed by atoms with E-state index < -0.39 is 0 Å². The minimum Gasteiger partial charge on any atom is -0.359 e. The second kappa shape index (κ2) is 8.25. The van der Waals surface area contributed by atoms with Crippen molar-refractivity contribution in [1.29, 1.82) is 0 Å². The first-order valence-corrected chi connectivity index (χ1v) is 9.27. The predicted molar refractivity (Wildman–Crippen MR) is 106 cm³/mol. The van der Waals surface area contributed by atoms with Gasteiger partial charge in [0.1, 0.15) is 0 Å². The first kappa shape index (κ1) is 17.6. The highest BCUT2D eigenvalue weighted by Gasteiger charge is 2.14. The van der Waals surface area contributed by atoms with Crippen molar-refractivity contribution in [3.8, 4) is 5.69 Å². The van der Waals surface area contributed by atoms with Crippen LogP contribution in [-0.4, -0.2) is 27.1 Å². The van der Waals surface area contributed by atoms with Gasteiger partial charge in [0, 0.05) is 11.6 Å². The van der Waals surface area contributed by atoms with Gasteiger partial charge in [-0.15, -0.1) is 0 Å². The fourth-order valence-corrected chi connectivity index (χ4v) is 3.50. The second-order valence-corrected chi connectivity index (χ2v) is 6.92. The lowest BCUT2D eigenvalue weighted by atomic mass is 9.96. The monoisotopic (exact) mass is 355 g/mol. The van der Waals surface area contributed by atoms with Gasteiger partial charge in [-0.3, -0.25) is 5.43 Å². The number of nitrogens with zero attached hydrogens (tertiary/aromatic N) is 3. The molecule has 1 aliphatic rings. The first-order valence-electron chi connectivity index (χ1n) is 8.86. The minimum atomic E-state index is 0.480. The highest BCUT2D eigenvalue weighted by Crippen LogP contribution is 2.17. The third-order valence-corrected chi connectivity index (χ3v) is 4.86. The maximum Gasteiger partial charge on any atom is 0.187 e. The second-order valence-electron chi connectivity index (χ2n) is 6.51. The molecule has 1 aromatic heterocycles. The lowest BCUT2D eigenvalue weighted by Crippen LogP contribution is -2.40. The van der Waals surface area contributed by atoms with Crippen molar-refractivity contribution < 1.29 is 0 Å². The summed E-state index contributed by atoms with van der Waals surface area (Å²) in [6.07, 6.45) is 8.06. The number of para-hydroxylation sites is 1. The maximum atomic E-state index is 5.34. The van der Waals surface area contributed by atoms with Crippen LogP contribution in [0, 0.1) is 13.8 Å². The molecule has 1 saturated carbocycles. The summed E-state index contributed by atoms with van der Waals surface area (Å²) in [4.78, 5) is 0. The number of nitrogens with one attached hydrogen (secondary N) is 2. The Kier molecular flexibility index (Phi) is 5.81. The van der Waals surface area contributed by atoms with E-state index in [-0.39, 0.29) is 0 Å². The van der Waals surface area contributed by atoms with Gasteiger partial charge in [0.25, 0.3) is 0 Å². The number of hydrogen-bond acceptors (Lipinski definition) is 3. The number of aromatic nitrogens is 2. The zero-order valence-corrected chi connectivity index (χ0v) is 15.6. The molecule has 0 amide bonds. The molecule has 1 heterocycles. The molecule has 5 nitrogen and oxygen atoms in total. The zero-order valence-electron chi connectivity index (χ0n) is 14.8. The van der Waals surface area contributed by atoms with E-state index in [2.05, 4.69) is 20.9 Å². The molecule has 0 unspecified atom stereocenters. The Labute approximate surface area is 154 Å². The van der Waals surface area contributed by atoms with Crippen LogP contribution in [0.25, 0.3) is 5.69 Å². The van der Waals surface area contributed by atoms with Crippen LogP contribution in [0.1, 0.15) is 49.1 Å². The van der Waals surface area contributed by atoms with E-state index in [0.717, 1.165) is 22.6 Å². The molecular weight excluding hydrogens is 330 g/mol. The molecule has 1 aliphatic carbocycles. The topological polar surface area (TPSA) is 54.2 Å². The van der Waals surface area contributed by atoms with Crippen LogP contribution >= 0.6 is 12.2 Å². The third kappa shape index (κ3) is 4.45. The highest BCUT2D eigenvalue weighted by molar-refractivity contribution is 7.80. The third-order valence-electron chi connectivity index (χ3n) is 4.65. The number of rotatable bonds is 4. The van der Waals surface area contributed by atoms with Crippen molar-refractivity contribution in [2.75, 3.05) is 0 Å². The summed E-state index contributed by atoms with van der Waals surface area (Å²) in [6, 6.07) is 10.6. The molecule has 0 radical (unpaired) electrons. The lowest BCUT2D eigenvalue weighted by Gasteiger charge is -2.23. The van der Waals surface area contributed by atoms with Crippen LogP contribution in [0.15, 0.2) is 35.4 Å². The number of hydrogen-bond donors (Lipinski definition) is 2. The van der Waals surface area contributed by atoms with Gasteiger partial charge in [0.05, 0.1) is 23.3 Å². The van der Waals surface area contributed by atoms with Gasteiger partial charge >= 0.3 is 0 Å². The Morgan fingerprint density at radius 2 is 1.92 bits per heavy atom. The van der Waals surface area contributed by atoms with Crippen molar-refractivity contribution in [2.45, 2.75) is 52.0 Å². The van der Waals surface area contributed by atoms with Gasteiger partial charge in [-0.25, -0.2) is 4.68 Å². The van der Waals surface area contributed by atoms with Gasteiger partial charge in [-0.05, 0) is 51.0 Å². The van der Waals surface area contributed by atoms with E-state index in [0.29, 0.717) is 11.2 Å². The van der Waals surface area contributed by atoms with E-state index >= 15 is 0 Å². The Balaban J connectivity index is 1.63. The number of hydrazone groups is 1. The molecule has 1 aromatic carbocycles. The van der Waals surface area contributed by atoms with Gasteiger partial charge in [-0.2, -0.15) is 10.2 Å². The van der Waals surface area contributed by atoms with Crippen LogP contribution in [0.4, 0.5) is 0 Å².